The first kappa shape index (κ1) is 24.8. The summed E-state index contributed by atoms with van der Waals surface area (Å²) in [5.74, 6) is -3.70. The van der Waals surface area contributed by atoms with Gasteiger partial charge in [-0.3, -0.25) is 4.79 Å². The van der Waals surface area contributed by atoms with Crippen LogP contribution in [-0.4, -0.2) is 37.0 Å². The largest absolute Gasteiger partial charge is 0.497 e. The molecule has 0 spiro atoms. The molecule has 1 aliphatic heterocycles. The van der Waals surface area contributed by atoms with Crippen LogP contribution in [-0.2, 0) is 33.8 Å². The second-order valence-electron chi connectivity index (χ2n) is 7.25. The number of carbonyl (C=O) groups excluding carboxylic acids is 1. The average Bonchev–Trinajstić information content (AvgIpc) is 2.69. The van der Waals surface area contributed by atoms with Gasteiger partial charge in [0.15, 0.2) is 0 Å². The Balaban J connectivity index is 1.69. The predicted molar refractivity (Wildman–Crippen MR) is 101 cm³/mol. The predicted octanol–water partition coefficient (Wildman–Crippen LogP) is 4.85. The third-order valence-corrected chi connectivity index (χ3v) is 6.41. The number of hydrogen-bond acceptors (Lipinski definition) is 4. The van der Waals surface area contributed by atoms with Crippen molar-refractivity contribution in [1.82, 2.24) is 4.90 Å². The van der Waals surface area contributed by atoms with E-state index < -0.39 is 51.0 Å². The molecule has 1 heterocycles. The Morgan fingerprint density at radius 3 is 2.21 bits per heavy atom. The molecule has 0 saturated heterocycles. The number of halogens is 7. The van der Waals surface area contributed by atoms with E-state index >= 15 is 0 Å². The molecule has 0 aromatic heterocycles. The van der Waals surface area contributed by atoms with E-state index in [1.54, 1.807) is 6.07 Å². The maximum absolute atomic E-state index is 13.7. The summed E-state index contributed by atoms with van der Waals surface area (Å²) in [7, 11) is -5.42. The summed E-state index contributed by atoms with van der Waals surface area (Å²) < 4.78 is 117. The summed E-state index contributed by atoms with van der Waals surface area (Å²) in [5.41, 5.74) is -5.53. The van der Waals surface area contributed by atoms with Crippen molar-refractivity contribution in [2.75, 3.05) is 12.3 Å². The molecule has 3 rings (SSSR count). The van der Waals surface area contributed by atoms with E-state index in [1.807, 2.05) is 0 Å². The lowest BCUT2D eigenvalue weighted by molar-refractivity contribution is -0.140. The zero-order chi connectivity index (χ0) is 24.6. The van der Waals surface area contributed by atoms with Gasteiger partial charge in [0.2, 0.25) is 15.7 Å². The fourth-order valence-electron chi connectivity index (χ4n) is 3.23. The number of rotatable bonds is 5. The number of alkyl halides is 6. The molecule has 0 aliphatic carbocycles. The summed E-state index contributed by atoms with van der Waals surface area (Å²) in [4.78, 5) is 13.4. The zero-order valence-electron chi connectivity index (χ0n) is 16.6. The summed E-state index contributed by atoms with van der Waals surface area (Å²) in [6.07, 6.45) is -5.34. The minimum absolute atomic E-state index is 0.0290. The first-order chi connectivity index (χ1) is 15.2. The van der Waals surface area contributed by atoms with Gasteiger partial charge in [0.1, 0.15) is 17.3 Å². The van der Waals surface area contributed by atoms with Crippen molar-refractivity contribution in [2.24, 2.45) is 0 Å². The van der Waals surface area contributed by atoms with Gasteiger partial charge in [0.25, 0.3) is 0 Å². The molecule has 0 unspecified atom stereocenters. The van der Waals surface area contributed by atoms with Crippen molar-refractivity contribution >= 4 is 15.7 Å². The van der Waals surface area contributed by atoms with Crippen molar-refractivity contribution in [3.8, 4) is 11.5 Å². The third-order valence-electron chi connectivity index (χ3n) is 4.96. The van der Waals surface area contributed by atoms with Crippen molar-refractivity contribution in [3.63, 3.8) is 0 Å². The number of ether oxygens (including phenoxy) is 1. The second-order valence-corrected chi connectivity index (χ2v) is 9.35. The Bertz CT molecular complexity index is 1160. The molecule has 33 heavy (non-hydrogen) atoms. The first-order valence-electron chi connectivity index (χ1n) is 9.40. The summed E-state index contributed by atoms with van der Waals surface area (Å²) in [6.45, 7) is 0.140. The van der Waals surface area contributed by atoms with Crippen LogP contribution >= 0.6 is 0 Å². The number of hydrogen-bond donors (Lipinski definition) is 0. The van der Waals surface area contributed by atoms with Gasteiger partial charge in [0, 0.05) is 25.6 Å². The van der Waals surface area contributed by atoms with Gasteiger partial charge in [-0.1, -0.05) is 6.07 Å². The topological polar surface area (TPSA) is 63.7 Å². The molecule has 1 amide bonds. The van der Waals surface area contributed by atoms with Crippen molar-refractivity contribution in [3.05, 3.63) is 58.9 Å². The summed E-state index contributed by atoms with van der Waals surface area (Å²) in [5, 5.41) is 0. The molecule has 0 atom stereocenters. The number of amides is 1. The molecule has 0 saturated carbocycles. The van der Waals surface area contributed by atoms with Crippen LogP contribution in [0.4, 0.5) is 30.7 Å². The average molecular weight is 499 g/mol. The Hall–Kier alpha value is -2.83. The van der Waals surface area contributed by atoms with Crippen LogP contribution in [0.5, 0.6) is 11.5 Å². The number of nitrogens with zero attached hydrogens (tertiary/aromatic N) is 1. The highest BCUT2D eigenvalue weighted by Crippen LogP contribution is 2.34. The summed E-state index contributed by atoms with van der Waals surface area (Å²) in [6, 6.07) is 6.68. The summed E-state index contributed by atoms with van der Waals surface area (Å²) >= 11 is 0. The normalized spacial score (nSPS) is 14.7. The van der Waals surface area contributed by atoms with E-state index in [4.69, 9.17) is 4.74 Å². The maximum Gasteiger partial charge on any atom is 0.497 e. The highest BCUT2D eigenvalue weighted by molar-refractivity contribution is 7.92. The van der Waals surface area contributed by atoms with Gasteiger partial charge in [-0.15, -0.1) is 0 Å². The second kappa shape index (κ2) is 8.84. The Labute approximate surface area is 183 Å². The van der Waals surface area contributed by atoms with Gasteiger partial charge >= 0.3 is 11.7 Å². The van der Waals surface area contributed by atoms with E-state index in [0.29, 0.717) is 24.1 Å². The number of carbonyl (C=O) groups is 1. The quantitative estimate of drug-likeness (QED) is 0.552. The van der Waals surface area contributed by atoms with E-state index in [0.717, 1.165) is 11.6 Å². The highest BCUT2D eigenvalue weighted by atomic mass is 32.2. The van der Waals surface area contributed by atoms with Gasteiger partial charge in [-0.2, -0.15) is 26.3 Å². The molecule has 0 radical (unpaired) electrons. The highest BCUT2D eigenvalue weighted by Gasteiger charge is 2.45. The van der Waals surface area contributed by atoms with Crippen LogP contribution in [0.15, 0.2) is 36.4 Å². The van der Waals surface area contributed by atoms with E-state index in [-0.39, 0.29) is 24.6 Å². The van der Waals surface area contributed by atoms with E-state index in [9.17, 15) is 43.9 Å². The van der Waals surface area contributed by atoms with Crippen molar-refractivity contribution in [2.45, 2.75) is 31.1 Å². The molecule has 0 fully saturated rings. The standard InChI is InChI=1S/C20H16F7NO4S/c21-17-10-15(3-4-16(17)19(22,23)24)32-14-2-1-12-5-7-28(11-13(12)9-14)18(29)6-8-33(30,31)20(25,26)27/h1-4,9-10H,5-8,11H2. The van der Waals surface area contributed by atoms with Gasteiger partial charge < -0.3 is 9.64 Å². The zero-order valence-corrected chi connectivity index (χ0v) is 17.5. The van der Waals surface area contributed by atoms with Crippen LogP contribution in [0, 0.1) is 5.82 Å². The smallest absolute Gasteiger partial charge is 0.457 e. The van der Waals surface area contributed by atoms with Crippen molar-refractivity contribution < 1.29 is 48.7 Å². The minimum atomic E-state index is -5.44. The lowest BCUT2D eigenvalue weighted by Gasteiger charge is -2.29. The molecule has 0 bridgehead atoms. The molecular weight excluding hydrogens is 483 g/mol. The minimum Gasteiger partial charge on any atom is -0.457 e. The Kier molecular flexibility index (Phi) is 6.65. The van der Waals surface area contributed by atoms with Gasteiger partial charge in [0.05, 0.1) is 11.3 Å². The van der Waals surface area contributed by atoms with E-state index in [2.05, 4.69) is 0 Å². The van der Waals surface area contributed by atoms with Crippen LogP contribution in [0.2, 0.25) is 0 Å². The lowest BCUT2D eigenvalue weighted by Crippen LogP contribution is -2.37. The molecule has 1 aliphatic rings. The lowest BCUT2D eigenvalue weighted by atomic mass is 9.99. The fraction of sp³-hybridized carbons (Fsp3) is 0.350. The van der Waals surface area contributed by atoms with Crippen LogP contribution in [0.1, 0.15) is 23.1 Å². The van der Waals surface area contributed by atoms with E-state index in [1.165, 1.54) is 17.0 Å². The fourth-order valence-corrected chi connectivity index (χ4v) is 3.91. The number of sulfone groups is 1. The van der Waals surface area contributed by atoms with Gasteiger partial charge in [-0.25, -0.2) is 12.8 Å². The number of fused-ring (bicyclic) bond motifs is 1. The molecule has 2 aromatic carbocycles. The molecule has 5 nitrogen and oxygen atoms in total. The number of benzene rings is 2. The van der Waals surface area contributed by atoms with Crippen molar-refractivity contribution in [1.29, 1.82) is 0 Å². The molecule has 13 heteroatoms. The van der Waals surface area contributed by atoms with Crippen LogP contribution < -0.4 is 4.74 Å². The monoisotopic (exact) mass is 499 g/mol. The molecular formula is C20H16F7NO4S. The Morgan fingerprint density at radius 1 is 0.970 bits per heavy atom. The molecule has 180 valence electrons. The van der Waals surface area contributed by atoms with Crippen LogP contribution in [0.3, 0.4) is 0 Å². The molecule has 0 N–H and O–H groups in total. The van der Waals surface area contributed by atoms with Crippen LogP contribution in [0.25, 0.3) is 0 Å². The Morgan fingerprint density at radius 2 is 1.61 bits per heavy atom. The maximum atomic E-state index is 13.7. The third kappa shape index (κ3) is 5.75. The van der Waals surface area contributed by atoms with Gasteiger partial charge in [-0.05, 0) is 41.8 Å². The molecule has 2 aromatic rings. The SMILES string of the molecule is O=C(CCS(=O)(=O)C(F)(F)F)N1CCc2ccc(Oc3ccc(C(F)(F)F)c(F)c3)cc2C1. The first-order valence-corrected chi connectivity index (χ1v) is 11.1.